The number of anilines is 4. The number of ether oxygens (including phenoxy) is 1. The molecule has 0 saturated carbocycles. The Morgan fingerprint density at radius 3 is 1.79 bits per heavy atom. The maximum absolute atomic E-state index is 9.63. The molecule has 0 fully saturated rings. The molecule has 1 aliphatic carbocycles. The van der Waals surface area contributed by atoms with Crippen molar-refractivity contribution < 1.29 is 28.5 Å². The summed E-state index contributed by atoms with van der Waals surface area (Å²) in [5.74, 6) is 1.92. The minimum atomic E-state index is -1.66. The van der Waals surface area contributed by atoms with Crippen LogP contribution in [0.4, 0.5) is 22.7 Å². The molecule has 382 valence electrons. The average molecular weight is 1180 g/mol. The fraction of sp³-hybridized carbons (Fsp3) is 0.155. The summed E-state index contributed by atoms with van der Waals surface area (Å²) in [4.78, 5) is 9.46. The van der Waals surface area contributed by atoms with E-state index >= 15 is 0 Å². The Kier molecular flexibility index (Phi) is 11.9. The van der Waals surface area contributed by atoms with Crippen molar-refractivity contribution >= 4 is 44.6 Å². The molecule has 0 spiro atoms. The summed E-state index contributed by atoms with van der Waals surface area (Å²) in [6, 6.07) is 79.8. The molecule has 0 unspecified atom stereocenters. The predicted octanol–water partition coefficient (Wildman–Crippen LogP) is 18.5. The molecule has 11 aromatic rings. The Morgan fingerprint density at radius 1 is 0.571 bits per heavy atom. The molecule has 2 aliphatic rings. The molecule has 9 aromatic carbocycles. The summed E-state index contributed by atoms with van der Waals surface area (Å²) in [7, 11) is 0. The molecule has 77 heavy (non-hydrogen) atoms. The average Bonchev–Trinajstić information content (AvgIpc) is 3.86. The second-order valence-electron chi connectivity index (χ2n) is 22.4. The fourth-order valence-electron chi connectivity index (χ4n) is 11.6. The Balaban J connectivity index is 0.00000623. The third-order valence-corrected chi connectivity index (χ3v) is 15.2. The number of hydrogen-bond donors (Lipinski definition) is 0. The van der Waals surface area contributed by atoms with Crippen LogP contribution in [0.5, 0.6) is 11.5 Å². The van der Waals surface area contributed by atoms with E-state index in [0.29, 0.717) is 17.1 Å². The Morgan fingerprint density at radius 2 is 1.16 bits per heavy atom. The number of benzene rings is 9. The maximum Gasteiger partial charge on any atom is 0.135 e. The molecule has 2 aromatic heterocycles. The van der Waals surface area contributed by atoms with Crippen molar-refractivity contribution in [2.75, 3.05) is 9.80 Å². The van der Waals surface area contributed by atoms with Gasteiger partial charge < -0.3 is 19.1 Å². The molecule has 6 heteroatoms. The van der Waals surface area contributed by atoms with Gasteiger partial charge in [-0.2, -0.15) is 6.07 Å². The van der Waals surface area contributed by atoms with Crippen LogP contribution in [0, 0.1) is 24.2 Å². The minimum Gasteiger partial charge on any atom is -0.509 e. The second-order valence-corrected chi connectivity index (χ2v) is 22.4. The Hall–Kier alpha value is -7.98. The standard InChI is InChI=1S/C71H59N4O.Pt/c1-69(2,3)45-47-38-59(48-22-10-8-11-23-48)68(60(39-47)49-24-12-9-13-25-49)74-46-73(64-32-20-21-33-65(64)74)52-40-51(71(7)61-29-17-14-26-55(61)56-27-15-18-30-62(56)71)41-54(43-52)76-53-34-35-58-57-28-16-19-31-63(57)75(66(58)44-53)67-42-50(36-37-72-67)70(4,5)6;/h8-42,46H,45H2,1-7H3;/q-3;/i45D2;. The number of fused-ring (bicyclic) bond motifs is 7. The monoisotopic (exact) mass is 1180 g/mol. The van der Waals surface area contributed by atoms with Gasteiger partial charge in [0, 0.05) is 80.6 Å². The molecule has 0 bridgehead atoms. The number of aromatic nitrogens is 2. The molecule has 5 nitrogen and oxygen atoms in total. The number of pyridine rings is 1. The van der Waals surface area contributed by atoms with Gasteiger partial charge >= 0.3 is 0 Å². The molecule has 3 heterocycles. The van der Waals surface area contributed by atoms with E-state index in [1.54, 1.807) is 0 Å². The summed E-state index contributed by atoms with van der Waals surface area (Å²) in [6.45, 7) is 17.1. The first-order valence-electron chi connectivity index (χ1n) is 27.3. The van der Waals surface area contributed by atoms with Crippen LogP contribution in [-0.2, 0) is 38.3 Å². The first kappa shape index (κ1) is 47.5. The summed E-state index contributed by atoms with van der Waals surface area (Å²) in [5, 5.41) is 2.17. The molecular weight excluding hydrogens is 1120 g/mol. The Labute approximate surface area is 470 Å². The van der Waals surface area contributed by atoms with Gasteiger partial charge in [-0.25, -0.2) is 4.98 Å². The van der Waals surface area contributed by atoms with Crippen LogP contribution >= 0.6 is 0 Å². The fourth-order valence-corrected chi connectivity index (χ4v) is 11.6. The van der Waals surface area contributed by atoms with Crippen LogP contribution in [-0.4, -0.2) is 9.55 Å². The van der Waals surface area contributed by atoms with E-state index in [-0.39, 0.29) is 26.5 Å². The van der Waals surface area contributed by atoms with Gasteiger partial charge in [0.15, 0.2) is 0 Å². The van der Waals surface area contributed by atoms with Crippen LogP contribution in [0.1, 0.15) is 79.0 Å². The molecule has 0 radical (unpaired) electrons. The first-order chi connectivity index (χ1) is 37.6. The van der Waals surface area contributed by atoms with Crippen molar-refractivity contribution in [1.29, 1.82) is 0 Å². The number of para-hydroxylation sites is 3. The molecule has 0 amide bonds. The van der Waals surface area contributed by atoms with E-state index in [1.165, 1.54) is 27.8 Å². The maximum atomic E-state index is 9.63. The van der Waals surface area contributed by atoms with Gasteiger partial charge in [0.1, 0.15) is 5.82 Å². The zero-order chi connectivity index (χ0) is 53.7. The van der Waals surface area contributed by atoms with Gasteiger partial charge in [-0.05, 0) is 116 Å². The van der Waals surface area contributed by atoms with E-state index in [1.807, 2.05) is 45.2 Å². The molecule has 0 atom stereocenters. The molecule has 1 aliphatic heterocycles. The van der Waals surface area contributed by atoms with Crippen LogP contribution in [0.2, 0.25) is 0 Å². The summed E-state index contributed by atoms with van der Waals surface area (Å²) < 4.78 is 28.6. The summed E-state index contributed by atoms with van der Waals surface area (Å²) in [5.41, 5.74) is 15.8. The third-order valence-electron chi connectivity index (χ3n) is 15.2. The van der Waals surface area contributed by atoms with Crippen molar-refractivity contribution in [1.82, 2.24) is 9.55 Å². The van der Waals surface area contributed by atoms with E-state index in [2.05, 4.69) is 249 Å². The van der Waals surface area contributed by atoms with Gasteiger partial charge in [-0.1, -0.05) is 187 Å². The normalized spacial score (nSPS) is 14.2. The predicted molar refractivity (Wildman–Crippen MR) is 314 cm³/mol. The smallest absolute Gasteiger partial charge is 0.135 e. The third kappa shape index (κ3) is 8.75. The first-order valence-corrected chi connectivity index (χ1v) is 26.3. The number of nitrogens with zero attached hydrogens (tertiary/aromatic N) is 4. The van der Waals surface area contributed by atoms with Gasteiger partial charge in [-0.15, -0.1) is 53.6 Å². The van der Waals surface area contributed by atoms with Crippen molar-refractivity contribution in [3.05, 3.63) is 259 Å². The van der Waals surface area contributed by atoms with Crippen LogP contribution in [0.25, 0.3) is 61.0 Å². The van der Waals surface area contributed by atoms with Crippen molar-refractivity contribution in [3.8, 4) is 50.7 Å². The zero-order valence-corrected chi connectivity index (χ0v) is 46.6. The van der Waals surface area contributed by atoms with E-state index in [0.717, 1.165) is 78.2 Å². The second kappa shape index (κ2) is 19.2. The molecule has 13 rings (SSSR count). The van der Waals surface area contributed by atoms with Gasteiger partial charge in [0.25, 0.3) is 0 Å². The summed E-state index contributed by atoms with van der Waals surface area (Å²) >= 11 is 0. The SMILES string of the molecule is [2H]C([2H])(c1cc(-c2ccccc2)c(N2[CH-]N(c3[c-]c(Oc4[c-]c5c(cc4)c4ccccc4n5-c4cc(C(C)(C)C)ccn4)cc(C4(C)c5ccccc5-c5ccccc54)c3)c3ccccc32)c(-c2ccccc2)c1)C(C)(C)C.[Pt]. The quantitative estimate of drug-likeness (QED) is 0.135. The zero-order valence-electron chi connectivity index (χ0n) is 46.3. The van der Waals surface area contributed by atoms with Crippen molar-refractivity contribution in [2.45, 2.75) is 65.7 Å². The van der Waals surface area contributed by atoms with Gasteiger partial charge in [0.05, 0.1) is 0 Å². The largest absolute Gasteiger partial charge is 0.509 e. The van der Waals surface area contributed by atoms with Crippen LogP contribution < -0.4 is 14.5 Å². The van der Waals surface area contributed by atoms with Gasteiger partial charge in [0.2, 0.25) is 0 Å². The van der Waals surface area contributed by atoms with E-state index in [4.69, 9.17) is 9.72 Å². The van der Waals surface area contributed by atoms with Gasteiger partial charge in [-0.3, -0.25) is 0 Å². The molecular formula is C71H59N4OPt-3. The van der Waals surface area contributed by atoms with Crippen molar-refractivity contribution in [2.24, 2.45) is 5.41 Å². The summed E-state index contributed by atoms with van der Waals surface area (Å²) in [6.07, 6.45) is 0.240. The van der Waals surface area contributed by atoms with Crippen LogP contribution in [0.15, 0.2) is 212 Å². The number of rotatable bonds is 9. The number of hydrogen-bond acceptors (Lipinski definition) is 4. The Bertz CT molecular complexity index is 4030. The van der Waals surface area contributed by atoms with Crippen molar-refractivity contribution in [3.63, 3.8) is 0 Å². The topological polar surface area (TPSA) is 33.5 Å². The van der Waals surface area contributed by atoms with E-state index in [9.17, 15) is 2.74 Å². The van der Waals surface area contributed by atoms with E-state index < -0.39 is 17.2 Å². The van der Waals surface area contributed by atoms with Crippen LogP contribution in [0.3, 0.4) is 0 Å². The molecule has 0 N–H and O–H groups in total. The minimum absolute atomic E-state index is 0. The molecule has 0 saturated heterocycles.